The van der Waals surface area contributed by atoms with E-state index in [2.05, 4.69) is 20.5 Å². The van der Waals surface area contributed by atoms with Crippen LogP contribution in [0.4, 0.5) is 4.39 Å². The SMILES string of the molecule is O=C(NCc1c(F)cccc1Cl)c1cccc(-c2[nH]nc3ncccc23)c1. The van der Waals surface area contributed by atoms with Gasteiger partial charge in [-0.2, -0.15) is 5.10 Å². The van der Waals surface area contributed by atoms with Gasteiger partial charge in [0.15, 0.2) is 5.65 Å². The number of benzene rings is 2. The van der Waals surface area contributed by atoms with Crippen LogP contribution in [0.5, 0.6) is 0 Å². The molecular weight excluding hydrogens is 367 g/mol. The summed E-state index contributed by atoms with van der Waals surface area (Å²) in [7, 11) is 0. The second-order valence-corrected chi connectivity index (χ2v) is 6.34. The maximum Gasteiger partial charge on any atom is 0.251 e. The van der Waals surface area contributed by atoms with Gasteiger partial charge in [-0.1, -0.05) is 29.8 Å². The first-order chi connectivity index (χ1) is 13.1. The number of rotatable bonds is 4. The largest absolute Gasteiger partial charge is 0.348 e. The maximum absolute atomic E-state index is 13.8. The third-order valence-corrected chi connectivity index (χ3v) is 4.58. The molecule has 2 heterocycles. The molecule has 7 heteroatoms. The van der Waals surface area contributed by atoms with Gasteiger partial charge in [-0.25, -0.2) is 9.37 Å². The van der Waals surface area contributed by atoms with Crippen LogP contribution in [0.3, 0.4) is 0 Å². The molecule has 2 aromatic carbocycles. The summed E-state index contributed by atoms with van der Waals surface area (Å²) in [6.07, 6.45) is 1.67. The Morgan fingerprint density at radius 2 is 2.00 bits per heavy atom. The topological polar surface area (TPSA) is 70.7 Å². The summed E-state index contributed by atoms with van der Waals surface area (Å²) < 4.78 is 13.8. The first-order valence-electron chi connectivity index (χ1n) is 8.24. The lowest BCUT2D eigenvalue weighted by Crippen LogP contribution is -2.23. The first-order valence-corrected chi connectivity index (χ1v) is 8.62. The molecule has 0 aliphatic carbocycles. The molecule has 2 aromatic heterocycles. The van der Waals surface area contributed by atoms with E-state index in [-0.39, 0.29) is 23.0 Å². The summed E-state index contributed by atoms with van der Waals surface area (Å²) in [5.41, 5.74) is 2.91. The number of halogens is 2. The van der Waals surface area contributed by atoms with Crippen molar-refractivity contribution in [2.75, 3.05) is 0 Å². The minimum Gasteiger partial charge on any atom is -0.348 e. The Morgan fingerprint density at radius 1 is 1.15 bits per heavy atom. The molecule has 4 aromatic rings. The average molecular weight is 381 g/mol. The van der Waals surface area contributed by atoms with Crippen LogP contribution < -0.4 is 5.32 Å². The van der Waals surface area contributed by atoms with Crippen LogP contribution >= 0.6 is 11.6 Å². The van der Waals surface area contributed by atoms with Crippen LogP contribution in [0.25, 0.3) is 22.3 Å². The van der Waals surface area contributed by atoms with Crippen molar-refractivity contribution in [1.82, 2.24) is 20.5 Å². The molecule has 27 heavy (non-hydrogen) atoms. The lowest BCUT2D eigenvalue weighted by atomic mass is 10.1. The van der Waals surface area contributed by atoms with Crippen molar-refractivity contribution < 1.29 is 9.18 Å². The van der Waals surface area contributed by atoms with E-state index in [1.165, 1.54) is 12.1 Å². The van der Waals surface area contributed by atoms with Crippen molar-refractivity contribution in [3.8, 4) is 11.3 Å². The number of hydrogen-bond donors (Lipinski definition) is 2. The Balaban J connectivity index is 1.58. The number of amides is 1. The van der Waals surface area contributed by atoms with Gasteiger partial charge in [0, 0.05) is 39.8 Å². The second-order valence-electron chi connectivity index (χ2n) is 5.94. The van der Waals surface area contributed by atoms with Gasteiger partial charge in [0.2, 0.25) is 0 Å². The number of nitrogens with zero attached hydrogens (tertiary/aromatic N) is 2. The van der Waals surface area contributed by atoms with E-state index in [1.54, 1.807) is 30.5 Å². The zero-order valence-electron chi connectivity index (χ0n) is 14.0. The summed E-state index contributed by atoms with van der Waals surface area (Å²) in [6, 6.07) is 15.3. The summed E-state index contributed by atoms with van der Waals surface area (Å²) >= 11 is 6.00. The summed E-state index contributed by atoms with van der Waals surface area (Å²) in [5.74, 6) is -0.772. The smallest absolute Gasteiger partial charge is 0.251 e. The van der Waals surface area contributed by atoms with Crippen molar-refractivity contribution in [3.05, 3.63) is 82.8 Å². The number of carbonyl (C=O) groups is 1. The highest BCUT2D eigenvalue weighted by Gasteiger charge is 2.13. The number of carbonyl (C=O) groups excluding carboxylic acids is 1. The van der Waals surface area contributed by atoms with Gasteiger partial charge in [-0.15, -0.1) is 0 Å². The normalized spacial score (nSPS) is 10.9. The molecule has 4 rings (SSSR count). The van der Waals surface area contributed by atoms with Gasteiger partial charge in [0.1, 0.15) is 5.82 Å². The Bertz CT molecular complexity index is 1120. The Kier molecular flexibility index (Phi) is 4.56. The molecule has 2 N–H and O–H groups in total. The number of nitrogens with one attached hydrogen (secondary N) is 2. The molecule has 5 nitrogen and oxygen atoms in total. The number of H-pyrrole nitrogens is 1. The van der Waals surface area contributed by atoms with Crippen molar-refractivity contribution >= 4 is 28.5 Å². The number of fused-ring (bicyclic) bond motifs is 1. The molecule has 0 spiro atoms. The van der Waals surface area contributed by atoms with Crippen LogP contribution in [-0.4, -0.2) is 21.1 Å². The summed E-state index contributed by atoms with van der Waals surface area (Å²) in [4.78, 5) is 16.7. The van der Waals surface area contributed by atoms with Gasteiger partial charge in [-0.3, -0.25) is 9.89 Å². The van der Waals surface area contributed by atoms with E-state index in [0.29, 0.717) is 11.2 Å². The summed E-state index contributed by atoms with van der Waals surface area (Å²) in [5, 5.41) is 11.0. The fourth-order valence-corrected chi connectivity index (χ4v) is 3.09. The Labute approximate surface area is 159 Å². The fraction of sp³-hybridized carbons (Fsp3) is 0.0500. The minimum atomic E-state index is -0.451. The Morgan fingerprint density at radius 3 is 2.85 bits per heavy atom. The van der Waals surface area contributed by atoms with E-state index in [0.717, 1.165) is 16.6 Å². The molecule has 0 unspecified atom stereocenters. The van der Waals surface area contributed by atoms with Crippen LogP contribution in [0.1, 0.15) is 15.9 Å². The third-order valence-electron chi connectivity index (χ3n) is 4.23. The van der Waals surface area contributed by atoms with Gasteiger partial charge in [0.25, 0.3) is 5.91 Å². The van der Waals surface area contributed by atoms with E-state index in [4.69, 9.17) is 11.6 Å². The van der Waals surface area contributed by atoms with E-state index < -0.39 is 5.82 Å². The highest BCUT2D eigenvalue weighted by molar-refractivity contribution is 6.31. The number of aromatic amines is 1. The molecule has 1 amide bonds. The fourth-order valence-electron chi connectivity index (χ4n) is 2.86. The zero-order chi connectivity index (χ0) is 18.8. The molecule has 0 aliphatic heterocycles. The van der Waals surface area contributed by atoms with Crippen LogP contribution in [0.15, 0.2) is 60.8 Å². The van der Waals surface area contributed by atoms with E-state index in [1.807, 2.05) is 18.2 Å². The minimum absolute atomic E-state index is 0.00543. The van der Waals surface area contributed by atoms with Crippen molar-refractivity contribution in [2.45, 2.75) is 6.54 Å². The number of aromatic nitrogens is 3. The van der Waals surface area contributed by atoms with Crippen LogP contribution in [0, 0.1) is 5.82 Å². The monoisotopic (exact) mass is 380 g/mol. The van der Waals surface area contributed by atoms with Crippen molar-refractivity contribution in [2.24, 2.45) is 0 Å². The molecule has 0 fully saturated rings. The molecule has 0 radical (unpaired) electrons. The summed E-state index contributed by atoms with van der Waals surface area (Å²) in [6.45, 7) is 0.00543. The molecule has 134 valence electrons. The first kappa shape index (κ1) is 17.2. The van der Waals surface area contributed by atoms with Crippen molar-refractivity contribution in [3.63, 3.8) is 0 Å². The third kappa shape index (κ3) is 3.39. The van der Waals surface area contributed by atoms with Gasteiger partial charge >= 0.3 is 0 Å². The number of hydrogen-bond acceptors (Lipinski definition) is 3. The predicted octanol–water partition coefficient (Wildman–Crippen LogP) is 4.35. The average Bonchev–Trinajstić information content (AvgIpc) is 3.12. The molecule has 0 atom stereocenters. The van der Waals surface area contributed by atoms with Crippen molar-refractivity contribution in [1.29, 1.82) is 0 Å². The molecular formula is C20H14ClFN4O. The quantitative estimate of drug-likeness (QED) is 0.553. The predicted molar refractivity (Wildman–Crippen MR) is 102 cm³/mol. The molecule has 0 saturated heterocycles. The number of pyridine rings is 1. The van der Waals surface area contributed by atoms with Gasteiger partial charge in [-0.05, 0) is 36.4 Å². The second kappa shape index (κ2) is 7.17. The zero-order valence-corrected chi connectivity index (χ0v) is 14.8. The Hall–Kier alpha value is -3.25. The van der Waals surface area contributed by atoms with Crippen LogP contribution in [0.2, 0.25) is 5.02 Å². The lowest BCUT2D eigenvalue weighted by Gasteiger charge is -2.09. The molecule has 0 bridgehead atoms. The van der Waals surface area contributed by atoms with Crippen LogP contribution in [-0.2, 0) is 6.54 Å². The van der Waals surface area contributed by atoms with Gasteiger partial charge < -0.3 is 5.32 Å². The maximum atomic E-state index is 13.8. The lowest BCUT2D eigenvalue weighted by molar-refractivity contribution is 0.0950. The van der Waals surface area contributed by atoms with Gasteiger partial charge in [0.05, 0.1) is 5.69 Å². The van der Waals surface area contributed by atoms with E-state index in [9.17, 15) is 9.18 Å². The highest BCUT2D eigenvalue weighted by atomic mass is 35.5. The molecule has 0 saturated carbocycles. The highest BCUT2D eigenvalue weighted by Crippen LogP contribution is 2.25. The standard InChI is InChI=1S/C20H14ClFN4O/c21-16-7-2-8-17(22)15(16)11-24-20(27)13-5-1-4-12(10-13)18-14-6-3-9-23-19(14)26-25-18/h1-10H,11H2,(H,24,27)(H,23,25,26). The molecule has 0 aliphatic rings. The van der Waals surface area contributed by atoms with E-state index >= 15 is 0 Å².